The van der Waals surface area contributed by atoms with Gasteiger partial charge in [0.15, 0.2) is 5.65 Å². The highest BCUT2D eigenvalue weighted by Gasteiger charge is 2.14. The van der Waals surface area contributed by atoms with Crippen molar-refractivity contribution in [1.29, 1.82) is 0 Å². The molecule has 0 aliphatic rings. The van der Waals surface area contributed by atoms with E-state index in [-0.39, 0.29) is 5.65 Å². The van der Waals surface area contributed by atoms with Gasteiger partial charge in [-0.2, -0.15) is 4.39 Å². The summed E-state index contributed by atoms with van der Waals surface area (Å²) < 4.78 is 13.9. The van der Waals surface area contributed by atoms with Crippen LogP contribution in [0.2, 0.25) is 0 Å². The first-order valence-corrected chi connectivity index (χ1v) is 3.43. The Kier molecular flexibility index (Phi) is 1.48. The molecule has 0 amide bonds. The number of aromatic nitrogens is 3. The van der Waals surface area contributed by atoms with Gasteiger partial charge in [-0.3, -0.25) is 0 Å². The number of nitrogens with zero attached hydrogens (tertiary/aromatic N) is 3. The van der Waals surface area contributed by atoms with Crippen LogP contribution in [0.15, 0.2) is 18.2 Å². The number of halogens is 1. The number of hydrogen-bond acceptors (Lipinski definition) is 3. The Morgan fingerprint density at radius 2 is 2.23 bits per heavy atom. The number of aromatic carboxylic acids is 1. The van der Waals surface area contributed by atoms with E-state index >= 15 is 0 Å². The minimum atomic E-state index is -1.31. The fourth-order valence-corrected chi connectivity index (χ4v) is 1.04. The molecule has 2 aromatic rings. The lowest BCUT2D eigenvalue weighted by Crippen LogP contribution is -2.05. The molecule has 2 heterocycles. The highest BCUT2D eigenvalue weighted by molar-refractivity contribution is 5.84. The molecule has 0 aliphatic carbocycles. The number of hydrogen-bond donors (Lipinski definition) is 1. The van der Waals surface area contributed by atoms with E-state index in [9.17, 15) is 9.18 Å². The molecule has 0 radical (unpaired) electrons. The molecule has 0 aliphatic heterocycles. The van der Waals surface area contributed by atoms with Gasteiger partial charge in [-0.15, -0.1) is 10.2 Å². The van der Waals surface area contributed by atoms with Gasteiger partial charge >= 0.3 is 5.97 Å². The first-order valence-electron chi connectivity index (χ1n) is 3.43. The second-order valence-corrected chi connectivity index (χ2v) is 2.37. The van der Waals surface area contributed by atoms with Crippen molar-refractivity contribution >= 4 is 11.6 Å². The SMILES string of the molecule is O=C(O)c1nnc2cccc(F)n12. The third-order valence-electron chi connectivity index (χ3n) is 1.57. The molecule has 0 fully saturated rings. The highest BCUT2D eigenvalue weighted by atomic mass is 19.1. The molecule has 0 bridgehead atoms. The van der Waals surface area contributed by atoms with Crippen LogP contribution in [0.1, 0.15) is 10.6 Å². The number of carbonyl (C=O) groups is 1. The highest BCUT2D eigenvalue weighted by Crippen LogP contribution is 2.06. The van der Waals surface area contributed by atoms with Crippen molar-refractivity contribution in [3.63, 3.8) is 0 Å². The maximum Gasteiger partial charge on any atom is 0.374 e. The lowest BCUT2D eigenvalue weighted by Gasteiger charge is -1.95. The van der Waals surface area contributed by atoms with E-state index in [1.54, 1.807) is 0 Å². The summed E-state index contributed by atoms with van der Waals surface area (Å²) in [5.74, 6) is -2.43. The van der Waals surface area contributed by atoms with Crippen molar-refractivity contribution < 1.29 is 14.3 Å². The fourth-order valence-electron chi connectivity index (χ4n) is 1.04. The summed E-state index contributed by atoms with van der Waals surface area (Å²) in [7, 11) is 0. The lowest BCUT2D eigenvalue weighted by molar-refractivity contribution is 0.0680. The Hall–Kier alpha value is -1.98. The molecular formula is C7H4FN3O2. The fraction of sp³-hybridized carbons (Fsp3) is 0. The van der Waals surface area contributed by atoms with E-state index in [1.165, 1.54) is 12.1 Å². The average Bonchev–Trinajstić information content (AvgIpc) is 2.49. The zero-order valence-corrected chi connectivity index (χ0v) is 6.31. The van der Waals surface area contributed by atoms with E-state index in [0.717, 1.165) is 10.5 Å². The van der Waals surface area contributed by atoms with E-state index in [4.69, 9.17) is 5.11 Å². The van der Waals surface area contributed by atoms with E-state index in [1.807, 2.05) is 0 Å². The van der Waals surface area contributed by atoms with Gasteiger partial charge in [-0.1, -0.05) is 6.07 Å². The zero-order chi connectivity index (χ0) is 9.42. The van der Waals surface area contributed by atoms with Crippen LogP contribution in [0.5, 0.6) is 0 Å². The number of pyridine rings is 1. The van der Waals surface area contributed by atoms with E-state index < -0.39 is 17.7 Å². The Morgan fingerprint density at radius 3 is 2.92 bits per heavy atom. The molecular weight excluding hydrogens is 177 g/mol. The summed E-state index contributed by atoms with van der Waals surface area (Å²) in [6.45, 7) is 0. The summed E-state index contributed by atoms with van der Waals surface area (Å²) in [5, 5.41) is 15.4. The van der Waals surface area contributed by atoms with Crippen LogP contribution >= 0.6 is 0 Å². The second-order valence-electron chi connectivity index (χ2n) is 2.37. The van der Waals surface area contributed by atoms with E-state index in [0.29, 0.717) is 0 Å². The average molecular weight is 181 g/mol. The minimum absolute atomic E-state index is 0.178. The van der Waals surface area contributed by atoms with Gasteiger partial charge in [0.1, 0.15) is 0 Å². The molecule has 66 valence electrons. The van der Waals surface area contributed by atoms with Crippen LogP contribution in [-0.2, 0) is 0 Å². The molecule has 0 aromatic carbocycles. The molecule has 6 heteroatoms. The van der Waals surface area contributed by atoms with Crippen LogP contribution in [0.3, 0.4) is 0 Å². The minimum Gasteiger partial charge on any atom is -0.475 e. The van der Waals surface area contributed by atoms with Crippen LogP contribution in [-0.4, -0.2) is 25.7 Å². The molecule has 2 aromatic heterocycles. The molecule has 5 nitrogen and oxygen atoms in total. The van der Waals surface area contributed by atoms with Gasteiger partial charge in [0.05, 0.1) is 0 Å². The lowest BCUT2D eigenvalue weighted by atomic mass is 10.4. The maximum atomic E-state index is 13.1. The predicted molar refractivity (Wildman–Crippen MR) is 39.9 cm³/mol. The molecule has 0 atom stereocenters. The van der Waals surface area contributed by atoms with Crippen molar-refractivity contribution in [3.8, 4) is 0 Å². The molecule has 0 spiro atoms. The molecule has 0 unspecified atom stereocenters. The predicted octanol–water partition coefficient (Wildman–Crippen LogP) is 0.567. The van der Waals surface area contributed by atoms with Crippen molar-refractivity contribution in [2.75, 3.05) is 0 Å². The summed E-state index contributed by atoms with van der Waals surface area (Å²) in [6, 6.07) is 4.05. The third-order valence-corrected chi connectivity index (χ3v) is 1.57. The molecule has 0 saturated carbocycles. The standard InChI is InChI=1S/C7H4FN3O2/c8-4-2-1-3-5-9-10-6(7(12)13)11(4)5/h1-3H,(H,12,13). The van der Waals surface area contributed by atoms with Crippen LogP contribution in [0.4, 0.5) is 4.39 Å². The van der Waals surface area contributed by atoms with Crippen LogP contribution < -0.4 is 0 Å². The third kappa shape index (κ3) is 1.03. The van der Waals surface area contributed by atoms with E-state index in [2.05, 4.69) is 10.2 Å². The van der Waals surface area contributed by atoms with Crippen molar-refractivity contribution in [2.45, 2.75) is 0 Å². The summed E-state index contributed by atoms with van der Waals surface area (Å²) in [6.07, 6.45) is 0. The quantitative estimate of drug-likeness (QED) is 0.653. The Balaban J connectivity index is 2.86. The number of carboxylic acid groups (broad SMARTS) is 1. The molecule has 0 saturated heterocycles. The van der Waals surface area contributed by atoms with Crippen molar-refractivity contribution in [1.82, 2.24) is 14.6 Å². The second kappa shape index (κ2) is 2.51. The summed E-state index contributed by atoms with van der Waals surface area (Å²) >= 11 is 0. The Labute approximate surface area is 71.4 Å². The van der Waals surface area contributed by atoms with Gasteiger partial charge in [-0.05, 0) is 12.1 Å². The van der Waals surface area contributed by atoms with Gasteiger partial charge in [0.25, 0.3) is 0 Å². The Morgan fingerprint density at radius 1 is 1.46 bits per heavy atom. The smallest absolute Gasteiger partial charge is 0.374 e. The number of carboxylic acids is 1. The van der Waals surface area contributed by atoms with Crippen molar-refractivity contribution in [3.05, 3.63) is 30.0 Å². The molecule has 13 heavy (non-hydrogen) atoms. The van der Waals surface area contributed by atoms with Gasteiger partial charge < -0.3 is 5.11 Å². The Bertz CT molecular complexity index is 480. The number of fused-ring (bicyclic) bond motifs is 1. The van der Waals surface area contributed by atoms with Crippen LogP contribution in [0, 0.1) is 5.95 Å². The number of rotatable bonds is 1. The monoisotopic (exact) mass is 181 g/mol. The first kappa shape index (κ1) is 7.66. The molecule has 2 rings (SSSR count). The van der Waals surface area contributed by atoms with Gasteiger partial charge in [0, 0.05) is 0 Å². The molecule has 1 N–H and O–H groups in total. The first-order chi connectivity index (χ1) is 6.20. The summed E-state index contributed by atoms with van der Waals surface area (Å²) in [4.78, 5) is 10.5. The topological polar surface area (TPSA) is 67.5 Å². The largest absolute Gasteiger partial charge is 0.475 e. The van der Waals surface area contributed by atoms with Crippen molar-refractivity contribution in [2.24, 2.45) is 0 Å². The normalized spacial score (nSPS) is 10.5. The maximum absolute atomic E-state index is 13.1. The van der Waals surface area contributed by atoms with Gasteiger partial charge in [0.2, 0.25) is 11.8 Å². The summed E-state index contributed by atoms with van der Waals surface area (Å²) in [5.41, 5.74) is 0.178. The van der Waals surface area contributed by atoms with Crippen LogP contribution in [0.25, 0.3) is 5.65 Å². The zero-order valence-electron chi connectivity index (χ0n) is 6.31. The van der Waals surface area contributed by atoms with Gasteiger partial charge in [-0.25, -0.2) is 9.20 Å².